The zero-order chi connectivity index (χ0) is 14.3. The van der Waals surface area contributed by atoms with Gasteiger partial charge in [-0.05, 0) is 24.6 Å². The lowest BCUT2D eigenvalue weighted by Crippen LogP contribution is -2.12. The fourth-order valence-corrected chi connectivity index (χ4v) is 2.33. The Morgan fingerprint density at radius 2 is 2.15 bits per heavy atom. The summed E-state index contributed by atoms with van der Waals surface area (Å²) in [6, 6.07) is 9.52. The van der Waals surface area contributed by atoms with Crippen LogP contribution in [0.25, 0.3) is 22.0 Å². The Balaban J connectivity index is 2.30. The van der Waals surface area contributed by atoms with Crippen molar-refractivity contribution in [2.45, 2.75) is 6.92 Å². The highest BCUT2D eigenvalue weighted by Gasteiger charge is 2.11. The number of fused-ring (bicyclic) bond motifs is 1. The Bertz CT molecular complexity index is 912. The van der Waals surface area contributed by atoms with Crippen molar-refractivity contribution < 1.29 is 0 Å². The first-order chi connectivity index (χ1) is 9.58. The number of nitrogens with one attached hydrogen (secondary N) is 1. The largest absolute Gasteiger partial charge is 0.325 e. The van der Waals surface area contributed by atoms with Gasteiger partial charge in [-0.1, -0.05) is 12.1 Å². The molecule has 0 saturated carbocycles. The Hall–Kier alpha value is -2.87. The second kappa shape index (κ2) is 4.35. The molecule has 0 bridgehead atoms. The van der Waals surface area contributed by atoms with E-state index in [-0.39, 0.29) is 11.1 Å². The van der Waals surface area contributed by atoms with Crippen LogP contribution in [0.1, 0.15) is 11.3 Å². The lowest BCUT2D eigenvalue weighted by atomic mass is 10.0. The van der Waals surface area contributed by atoms with E-state index in [9.17, 15) is 10.1 Å². The summed E-state index contributed by atoms with van der Waals surface area (Å²) < 4.78 is 1.74. The molecule has 5 nitrogen and oxygen atoms in total. The van der Waals surface area contributed by atoms with Gasteiger partial charge in [-0.2, -0.15) is 10.4 Å². The van der Waals surface area contributed by atoms with Gasteiger partial charge in [0, 0.05) is 29.9 Å². The molecule has 2 heterocycles. The van der Waals surface area contributed by atoms with Crippen LogP contribution in [0.2, 0.25) is 0 Å². The number of nitrogens with zero attached hydrogens (tertiary/aromatic N) is 3. The van der Waals surface area contributed by atoms with Crippen molar-refractivity contribution in [2.75, 3.05) is 0 Å². The van der Waals surface area contributed by atoms with E-state index < -0.39 is 0 Å². The Labute approximate surface area is 115 Å². The average molecular weight is 264 g/mol. The third-order valence-corrected chi connectivity index (χ3v) is 3.21. The van der Waals surface area contributed by atoms with Gasteiger partial charge in [-0.25, -0.2) is 0 Å². The second-order valence-corrected chi connectivity index (χ2v) is 4.76. The van der Waals surface area contributed by atoms with E-state index in [1.807, 2.05) is 43.6 Å². The summed E-state index contributed by atoms with van der Waals surface area (Å²) in [6.07, 6.45) is 1.92. The molecule has 0 saturated heterocycles. The van der Waals surface area contributed by atoms with Crippen molar-refractivity contribution >= 4 is 10.9 Å². The van der Waals surface area contributed by atoms with Crippen molar-refractivity contribution in [3.63, 3.8) is 0 Å². The van der Waals surface area contributed by atoms with Crippen LogP contribution in [0.4, 0.5) is 0 Å². The molecule has 0 atom stereocenters. The molecule has 0 aliphatic rings. The van der Waals surface area contributed by atoms with E-state index in [2.05, 4.69) is 10.1 Å². The first kappa shape index (κ1) is 12.2. The van der Waals surface area contributed by atoms with Gasteiger partial charge in [0.25, 0.3) is 5.56 Å². The van der Waals surface area contributed by atoms with Crippen LogP contribution in [0.5, 0.6) is 0 Å². The Kier molecular flexibility index (Phi) is 2.65. The molecule has 2 aromatic heterocycles. The monoisotopic (exact) mass is 264 g/mol. The highest BCUT2D eigenvalue weighted by molar-refractivity contribution is 5.85. The van der Waals surface area contributed by atoms with Crippen LogP contribution in [-0.4, -0.2) is 14.8 Å². The summed E-state index contributed by atoms with van der Waals surface area (Å²) >= 11 is 0. The third kappa shape index (κ3) is 1.88. The predicted octanol–water partition coefficient (Wildman–Crippen LogP) is 2.11. The fourth-order valence-electron chi connectivity index (χ4n) is 2.33. The van der Waals surface area contributed by atoms with Crippen molar-refractivity contribution in [3.8, 4) is 17.2 Å². The van der Waals surface area contributed by atoms with E-state index >= 15 is 0 Å². The van der Waals surface area contributed by atoms with Gasteiger partial charge in [0.15, 0.2) is 0 Å². The molecule has 1 aromatic carbocycles. The molecule has 3 aromatic rings. The zero-order valence-electron chi connectivity index (χ0n) is 11.1. The molecule has 0 radical (unpaired) electrons. The van der Waals surface area contributed by atoms with Crippen LogP contribution in [-0.2, 0) is 7.05 Å². The molecule has 1 N–H and O–H groups in total. The molecule has 0 aliphatic heterocycles. The van der Waals surface area contributed by atoms with Crippen LogP contribution < -0.4 is 5.56 Å². The SMILES string of the molecule is Cc1cc(-c2ccc3cn(C)nc3c2)c(C#N)c(=O)[nH]1. The maximum atomic E-state index is 11.8. The summed E-state index contributed by atoms with van der Waals surface area (Å²) in [5, 5.41) is 14.6. The highest BCUT2D eigenvalue weighted by atomic mass is 16.1. The zero-order valence-corrected chi connectivity index (χ0v) is 11.1. The number of nitriles is 1. The molecule has 0 unspecified atom stereocenters. The van der Waals surface area contributed by atoms with E-state index in [1.165, 1.54) is 0 Å². The van der Waals surface area contributed by atoms with Crippen molar-refractivity contribution in [3.05, 3.63) is 52.1 Å². The molecular weight excluding hydrogens is 252 g/mol. The number of aryl methyl sites for hydroxylation is 2. The van der Waals surface area contributed by atoms with Gasteiger partial charge in [0.05, 0.1) is 5.52 Å². The van der Waals surface area contributed by atoms with E-state index in [0.29, 0.717) is 5.56 Å². The number of H-pyrrole nitrogens is 1. The number of hydrogen-bond acceptors (Lipinski definition) is 3. The van der Waals surface area contributed by atoms with Gasteiger partial charge >= 0.3 is 0 Å². The minimum atomic E-state index is -0.358. The number of hydrogen-bond donors (Lipinski definition) is 1. The smallest absolute Gasteiger partial charge is 0.266 e. The van der Waals surface area contributed by atoms with Crippen molar-refractivity contribution in [1.29, 1.82) is 5.26 Å². The molecule has 0 fully saturated rings. The number of benzene rings is 1. The summed E-state index contributed by atoms with van der Waals surface area (Å²) in [5.41, 5.74) is 2.80. The lowest BCUT2D eigenvalue weighted by molar-refractivity contribution is 0.780. The van der Waals surface area contributed by atoms with Crippen LogP contribution in [0.15, 0.2) is 35.3 Å². The lowest BCUT2D eigenvalue weighted by Gasteiger charge is -2.05. The third-order valence-electron chi connectivity index (χ3n) is 3.21. The molecule has 20 heavy (non-hydrogen) atoms. The maximum absolute atomic E-state index is 11.8. The van der Waals surface area contributed by atoms with Gasteiger partial charge in [0.2, 0.25) is 0 Å². The van der Waals surface area contributed by atoms with Gasteiger partial charge < -0.3 is 4.98 Å². The minimum Gasteiger partial charge on any atom is -0.325 e. The van der Waals surface area contributed by atoms with Gasteiger partial charge in [-0.15, -0.1) is 0 Å². The van der Waals surface area contributed by atoms with E-state index in [4.69, 9.17) is 0 Å². The quantitative estimate of drug-likeness (QED) is 0.731. The van der Waals surface area contributed by atoms with Gasteiger partial charge in [0.1, 0.15) is 11.6 Å². The van der Waals surface area contributed by atoms with Crippen LogP contribution in [0, 0.1) is 18.3 Å². The fraction of sp³-hybridized carbons (Fsp3) is 0.133. The van der Waals surface area contributed by atoms with Gasteiger partial charge in [-0.3, -0.25) is 9.48 Å². The number of rotatable bonds is 1. The van der Waals surface area contributed by atoms with E-state index in [0.717, 1.165) is 22.2 Å². The van der Waals surface area contributed by atoms with E-state index in [1.54, 1.807) is 11.6 Å². The minimum absolute atomic E-state index is 0.130. The Morgan fingerprint density at radius 1 is 1.35 bits per heavy atom. The topological polar surface area (TPSA) is 74.5 Å². The summed E-state index contributed by atoms with van der Waals surface area (Å²) in [6.45, 7) is 1.80. The van der Waals surface area contributed by atoms with Crippen LogP contribution >= 0.6 is 0 Å². The molecular formula is C15H12N4O. The molecule has 0 amide bonds. The molecule has 98 valence electrons. The molecule has 0 spiro atoms. The summed E-state index contributed by atoms with van der Waals surface area (Å²) in [4.78, 5) is 14.5. The van der Waals surface area contributed by atoms with Crippen molar-refractivity contribution in [2.24, 2.45) is 7.05 Å². The highest BCUT2D eigenvalue weighted by Crippen LogP contribution is 2.25. The standard InChI is InChI=1S/C15H12N4O/c1-9-5-12(13(7-16)15(20)17-9)10-3-4-11-8-19(2)18-14(11)6-10/h3-6,8H,1-2H3,(H,17,20). The molecule has 5 heteroatoms. The number of aromatic amines is 1. The number of aromatic nitrogens is 3. The predicted molar refractivity (Wildman–Crippen MR) is 76.2 cm³/mol. The summed E-state index contributed by atoms with van der Waals surface area (Å²) in [5.74, 6) is 0. The first-order valence-corrected chi connectivity index (χ1v) is 6.16. The molecule has 3 rings (SSSR count). The maximum Gasteiger partial charge on any atom is 0.266 e. The average Bonchev–Trinajstić information content (AvgIpc) is 2.76. The van der Waals surface area contributed by atoms with Crippen LogP contribution in [0.3, 0.4) is 0 Å². The number of pyridine rings is 1. The van der Waals surface area contributed by atoms with Crippen molar-refractivity contribution in [1.82, 2.24) is 14.8 Å². The summed E-state index contributed by atoms with van der Waals surface area (Å²) in [7, 11) is 1.86. The molecule has 0 aliphatic carbocycles. The normalized spacial score (nSPS) is 10.7. The first-order valence-electron chi connectivity index (χ1n) is 6.16. The second-order valence-electron chi connectivity index (χ2n) is 4.76. The Morgan fingerprint density at radius 3 is 2.90 bits per heavy atom.